The van der Waals surface area contributed by atoms with Gasteiger partial charge in [-0.05, 0) is 96.3 Å². The number of carbonyl (C=O) groups excluding carboxylic acids is 3. The van der Waals surface area contributed by atoms with Gasteiger partial charge in [-0.3, -0.25) is 14.4 Å². The number of esters is 3. The third kappa shape index (κ3) is 51.2. The molecule has 0 aromatic heterocycles. The van der Waals surface area contributed by atoms with Crippen molar-refractivity contribution in [3.05, 3.63) is 97.2 Å². The van der Waals surface area contributed by atoms with Crippen LogP contribution in [0.2, 0.25) is 0 Å². The Bertz CT molecular complexity index is 1310. The maximum Gasteiger partial charge on any atom is 0.306 e. The first-order chi connectivity index (χ1) is 32.0. The molecule has 1 atom stereocenters. The van der Waals surface area contributed by atoms with Crippen molar-refractivity contribution in [3.8, 4) is 0 Å². The summed E-state index contributed by atoms with van der Waals surface area (Å²) < 4.78 is 16.7. The summed E-state index contributed by atoms with van der Waals surface area (Å²) in [5.74, 6) is -0.979. The molecule has 0 aromatic carbocycles. The standard InChI is InChI=1S/C59H98O6/c1-4-7-10-13-16-18-20-22-24-26-27-28-29-30-31-33-34-36-38-40-43-46-49-52-58(61)64-55-56(54-63-57(60)51-48-45-42-15-12-9-6-3)65-59(62)53-50-47-44-41-39-37-35-32-25-23-21-19-17-14-11-8-5-2/h8,11,17,19-20,22-23,25-27,29-30,35,37,41,44,56H,4-7,9-10,12-16,18,21,24,28,31-34,36,38-40,42-43,45-55H2,1-3H3/b11-8-,19-17-,22-20-,25-23-,27-26-,30-29-,37-35-,44-41-. The van der Waals surface area contributed by atoms with Crippen LogP contribution in [0.3, 0.4) is 0 Å². The highest BCUT2D eigenvalue weighted by atomic mass is 16.6. The third-order valence-electron chi connectivity index (χ3n) is 11.1. The summed E-state index contributed by atoms with van der Waals surface area (Å²) in [5, 5.41) is 0. The van der Waals surface area contributed by atoms with Crippen LogP contribution in [0.25, 0.3) is 0 Å². The number of ether oxygens (including phenoxy) is 3. The second-order valence-electron chi connectivity index (χ2n) is 17.4. The summed E-state index contributed by atoms with van der Waals surface area (Å²) in [7, 11) is 0. The number of hydrogen-bond acceptors (Lipinski definition) is 6. The molecule has 0 aliphatic rings. The smallest absolute Gasteiger partial charge is 0.306 e. The SMILES string of the molecule is CC/C=C\C/C=C\C/C=C\C/C=C\C/C=C\CCCC(=O)OC(COC(=O)CCCCCCCCC)COC(=O)CCCCCCCCCC/C=C\C/C=C\C/C=C\CCCCCCC. The van der Waals surface area contributed by atoms with Crippen molar-refractivity contribution in [2.45, 2.75) is 245 Å². The molecule has 6 heteroatoms. The molecule has 0 radical (unpaired) electrons. The maximum atomic E-state index is 12.7. The van der Waals surface area contributed by atoms with Crippen LogP contribution in [0, 0.1) is 0 Å². The highest BCUT2D eigenvalue weighted by Gasteiger charge is 2.19. The second kappa shape index (κ2) is 52.9. The average Bonchev–Trinajstić information content (AvgIpc) is 3.30. The third-order valence-corrected chi connectivity index (χ3v) is 11.1. The van der Waals surface area contributed by atoms with Gasteiger partial charge in [0.05, 0.1) is 0 Å². The van der Waals surface area contributed by atoms with Crippen LogP contribution < -0.4 is 0 Å². The van der Waals surface area contributed by atoms with E-state index in [1.165, 1.54) is 96.3 Å². The van der Waals surface area contributed by atoms with Crippen LogP contribution in [-0.4, -0.2) is 37.2 Å². The molecule has 6 nitrogen and oxygen atoms in total. The average molecular weight is 903 g/mol. The Balaban J connectivity index is 4.32. The molecule has 0 heterocycles. The molecule has 0 amide bonds. The molecule has 0 aliphatic heterocycles. The van der Waals surface area contributed by atoms with E-state index in [1.54, 1.807) is 0 Å². The van der Waals surface area contributed by atoms with Gasteiger partial charge >= 0.3 is 17.9 Å². The van der Waals surface area contributed by atoms with E-state index >= 15 is 0 Å². The number of rotatable bonds is 47. The van der Waals surface area contributed by atoms with E-state index in [0.29, 0.717) is 19.3 Å². The fourth-order valence-corrected chi connectivity index (χ4v) is 7.07. The van der Waals surface area contributed by atoms with Crippen LogP contribution >= 0.6 is 0 Å². The Morgan fingerprint density at radius 1 is 0.323 bits per heavy atom. The molecule has 370 valence electrons. The largest absolute Gasteiger partial charge is 0.462 e. The number of carbonyl (C=O) groups is 3. The first-order valence-corrected chi connectivity index (χ1v) is 26.7. The van der Waals surface area contributed by atoms with E-state index < -0.39 is 6.10 Å². The molecule has 0 aromatic rings. The Morgan fingerprint density at radius 3 is 0.985 bits per heavy atom. The summed E-state index contributed by atoms with van der Waals surface area (Å²) in [6, 6.07) is 0. The predicted octanol–water partition coefficient (Wildman–Crippen LogP) is 17.8. The highest BCUT2D eigenvalue weighted by Crippen LogP contribution is 2.13. The molecule has 0 spiro atoms. The van der Waals surface area contributed by atoms with Gasteiger partial charge in [0.1, 0.15) is 13.2 Å². The topological polar surface area (TPSA) is 78.9 Å². The number of unbranched alkanes of at least 4 members (excludes halogenated alkanes) is 20. The van der Waals surface area contributed by atoms with Crippen molar-refractivity contribution in [3.63, 3.8) is 0 Å². The minimum Gasteiger partial charge on any atom is -0.462 e. The van der Waals surface area contributed by atoms with Gasteiger partial charge in [-0.15, -0.1) is 0 Å². The van der Waals surface area contributed by atoms with Crippen LogP contribution in [0.1, 0.15) is 239 Å². The van der Waals surface area contributed by atoms with Gasteiger partial charge in [0.2, 0.25) is 0 Å². The lowest BCUT2D eigenvalue weighted by molar-refractivity contribution is -0.167. The lowest BCUT2D eigenvalue weighted by Gasteiger charge is -2.18. The molecule has 0 fully saturated rings. The van der Waals surface area contributed by atoms with E-state index in [-0.39, 0.29) is 37.5 Å². The zero-order valence-electron chi connectivity index (χ0n) is 42.2. The van der Waals surface area contributed by atoms with E-state index in [9.17, 15) is 14.4 Å². The molecule has 0 saturated carbocycles. The lowest BCUT2D eigenvalue weighted by Crippen LogP contribution is -2.30. The molecular formula is C59H98O6. The molecule has 65 heavy (non-hydrogen) atoms. The van der Waals surface area contributed by atoms with Crippen LogP contribution in [0.15, 0.2) is 97.2 Å². The fourth-order valence-electron chi connectivity index (χ4n) is 7.07. The zero-order valence-corrected chi connectivity index (χ0v) is 42.2. The summed E-state index contributed by atoms with van der Waals surface area (Å²) in [4.78, 5) is 37.8. The van der Waals surface area contributed by atoms with Crippen molar-refractivity contribution in [1.29, 1.82) is 0 Å². The van der Waals surface area contributed by atoms with Gasteiger partial charge in [0.15, 0.2) is 6.10 Å². The summed E-state index contributed by atoms with van der Waals surface area (Å²) >= 11 is 0. The van der Waals surface area contributed by atoms with Gasteiger partial charge < -0.3 is 14.2 Å². The Kier molecular flexibility index (Phi) is 50.0. The van der Waals surface area contributed by atoms with E-state index in [2.05, 4.69) is 118 Å². The van der Waals surface area contributed by atoms with Crippen molar-refractivity contribution in [2.24, 2.45) is 0 Å². The fraction of sp³-hybridized carbons (Fsp3) is 0.678. The lowest BCUT2D eigenvalue weighted by atomic mass is 10.1. The van der Waals surface area contributed by atoms with Crippen LogP contribution in [-0.2, 0) is 28.6 Å². The maximum absolute atomic E-state index is 12.7. The molecular weight excluding hydrogens is 805 g/mol. The molecule has 0 N–H and O–H groups in total. The first-order valence-electron chi connectivity index (χ1n) is 26.7. The van der Waals surface area contributed by atoms with Gasteiger partial charge in [-0.1, -0.05) is 221 Å². The second-order valence-corrected chi connectivity index (χ2v) is 17.4. The van der Waals surface area contributed by atoms with Crippen LogP contribution in [0.4, 0.5) is 0 Å². The van der Waals surface area contributed by atoms with E-state index in [4.69, 9.17) is 14.2 Å². The van der Waals surface area contributed by atoms with E-state index in [0.717, 1.165) is 96.3 Å². The minimum absolute atomic E-state index is 0.103. The quantitative estimate of drug-likeness (QED) is 0.0262. The summed E-state index contributed by atoms with van der Waals surface area (Å²) in [6.45, 7) is 6.41. The number of allylic oxidation sites excluding steroid dienone is 16. The Hall–Kier alpha value is -3.67. The van der Waals surface area contributed by atoms with Crippen molar-refractivity contribution >= 4 is 17.9 Å². The van der Waals surface area contributed by atoms with Gasteiger partial charge in [0, 0.05) is 19.3 Å². The van der Waals surface area contributed by atoms with Gasteiger partial charge in [0.25, 0.3) is 0 Å². The monoisotopic (exact) mass is 903 g/mol. The normalized spacial score (nSPS) is 12.8. The van der Waals surface area contributed by atoms with Crippen molar-refractivity contribution < 1.29 is 28.6 Å². The molecule has 0 bridgehead atoms. The van der Waals surface area contributed by atoms with Gasteiger partial charge in [-0.25, -0.2) is 0 Å². The van der Waals surface area contributed by atoms with E-state index in [1.807, 2.05) is 0 Å². The van der Waals surface area contributed by atoms with Gasteiger partial charge in [-0.2, -0.15) is 0 Å². The minimum atomic E-state index is -0.808. The summed E-state index contributed by atoms with van der Waals surface area (Å²) in [6.07, 6.45) is 69.9. The van der Waals surface area contributed by atoms with Crippen LogP contribution in [0.5, 0.6) is 0 Å². The Morgan fingerprint density at radius 2 is 0.615 bits per heavy atom. The predicted molar refractivity (Wildman–Crippen MR) is 279 cm³/mol. The number of hydrogen-bond donors (Lipinski definition) is 0. The molecule has 0 aliphatic carbocycles. The Labute approximate surface area is 400 Å². The van der Waals surface area contributed by atoms with Crippen molar-refractivity contribution in [2.75, 3.05) is 13.2 Å². The first kappa shape index (κ1) is 61.3. The molecule has 0 saturated heterocycles. The van der Waals surface area contributed by atoms with Crippen molar-refractivity contribution in [1.82, 2.24) is 0 Å². The zero-order chi connectivity index (χ0) is 47.2. The summed E-state index contributed by atoms with van der Waals surface area (Å²) in [5.41, 5.74) is 0. The molecule has 1 unspecified atom stereocenters. The molecule has 0 rings (SSSR count). The highest BCUT2D eigenvalue weighted by molar-refractivity contribution is 5.71.